The highest BCUT2D eigenvalue weighted by atomic mass is 16.3. The summed E-state index contributed by atoms with van der Waals surface area (Å²) < 4.78 is 0. The second kappa shape index (κ2) is 10.8. The first-order valence-corrected chi connectivity index (χ1v) is 3.40. The Morgan fingerprint density at radius 1 is 1.22 bits per heavy atom. The largest absolute Gasteiger partial charge is 0.397 e. The first kappa shape index (κ1) is 11.7. The minimum Gasteiger partial charge on any atom is -0.397 e. The van der Waals surface area contributed by atoms with Gasteiger partial charge in [-0.1, -0.05) is 13.8 Å². The van der Waals surface area contributed by atoms with Crippen LogP contribution in [0.4, 0.5) is 0 Å². The molecule has 0 amide bonds. The number of aliphatic hydroxyl groups excluding tert-OH is 2. The second-order valence-corrected chi connectivity index (χ2v) is 2.22. The average molecular weight is 134 g/mol. The van der Waals surface area contributed by atoms with Crippen LogP contribution in [0.1, 0.15) is 27.2 Å². The van der Waals surface area contributed by atoms with E-state index in [9.17, 15) is 0 Å². The molecule has 0 aliphatic heterocycles. The molecule has 0 aromatic carbocycles. The molecule has 58 valence electrons. The third-order valence-corrected chi connectivity index (χ3v) is 0.706. The Morgan fingerprint density at radius 3 is 1.56 bits per heavy atom. The summed E-state index contributed by atoms with van der Waals surface area (Å²) in [6.07, 6.45) is 0.931. The minimum absolute atomic E-state index is 0.250. The summed E-state index contributed by atoms with van der Waals surface area (Å²) in [5, 5.41) is 15.8. The van der Waals surface area contributed by atoms with Crippen molar-refractivity contribution in [1.29, 1.82) is 0 Å². The SMILES string of the molecule is CC(C)CCO.CCO. The highest BCUT2D eigenvalue weighted by Crippen LogP contribution is 1.94. The molecular formula is C7H18O2. The van der Waals surface area contributed by atoms with Gasteiger partial charge in [0.15, 0.2) is 0 Å². The van der Waals surface area contributed by atoms with Crippen LogP contribution in [0.15, 0.2) is 0 Å². The maximum atomic E-state index is 8.24. The lowest BCUT2D eigenvalue weighted by Crippen LogP contribution is -1.89. The lowest BCUT2D eigenvalue weighted by Gasteiger charge is -1.95. The molecule has 0 bridgehead atoms. The summed E-state index contributed by atoms with van der Waals surface area (Å²) in [7, 11) is 0. The lowest BCUT2D eigenvalue weighted by atomic mass is 10.2. The van der Waals surface area contributed by atoms with Crippen molar-refractivity contribution in [1.82, 2.24) is 0 Å². The summed E-state index contributed by atoms with van der Waals surface area (Å²) in [5.74, 6) is 0.648. The molecule has 0 saturated carbocycles. The number of aliphatic hydroxyl groups is 2. The van der Waals surface area contributed by atoms with E-state index < -0.39 is 0 Å². The molecule has 0 heterocycles. The quantitative estimate of drug-likeness (QED) is 0.592. The smallest absolute Gasteiger partial charge is 0.0433 e. The number of hydrogen-bond acceptors (Lipinski definition) is 2. The molecular weight excluding hydrogens is 116 g/mol. The predicted octanol–water partition coefficient (Wildman–Crippen LogP) is 1.02. The van der Waals surface area contributed by atoms with Gasteiger partial charge >= 0.3 is 0 Å². The topological polar surface area (TPSA) is 40.5 Å². The summed E-state index contributed by atoms with van der Waals surface area (Å²) in [4.78, 5) is 0. The van der Waals surface area contributed by atoms with Crippen molar-refractivity contribution < 1.29 is 10.2 Å². The summed E-state index contributed by atoms with van der Waals surface area (Å²) >= 11 is 0. The van der Waals surface area contributed by atoms with E-state index >= 15 is 0 Å². The minimum atomic E-state index is 0.250. The van der Waals surface area contributed by atoms with E-state index in [1.54, 1.807) is 6.92 Å². The zero-order valence-electron chi connectivity index (χ0n) is 6.59. The van der Waals surface area contributed by atoms with Crippen molar-refractivity contribution in [2.45, 2.75) is 27.2 Å². The Morgan fingerprint density at radius 2 is 1.56 bits per heavy atom. The van der Waals surface area contributed by atoms with Gasteiger partial charge in [0.2, 0.25) is 0 Å². The van der Waals surface area contributed by atoms with Gasteiger partial charge in [0.25, 0.3) is 0 Å². The Hall–Kier alpha value is -0.0800. The maximum Gasteiger partial charge on any atom is 0.0433 e. The van der Waals surface area contributed by atoms with E-state index in [1.165, 1.54) is 0 Å². The molecule has 0 aliphatic carbocycles. The molecule has 0 spiro atoms. The molecule has 0 aliphatic rings. The van der Waals surface area contributed by atoms with Crippen LogP contribution in [0, 0.1) is 5.92 Å². The molecule has 2 nitrogen and oxygen atoms in total. The van der Waals surface area contributed by atoms with Gasteiger partial charge in [-0.25, -0.2) is 0 Å². The number of hydrogen-bond donors (Lipinski definition) is 2. The molecule has 2 N–H and O–H groups in total. The van der Waals surface area contributed by atoms with Crippen molar-refractivity contribution >= 4 is 0 Å². The Labute approximate surface area is 57.5 Å². The highest BCUT2D eigenvalue weighted by molar-refractivity contribution is 4.38. The monoisotopic (exact) mass is 134 g/mol. The molecule has 9 heavy (non-hydrogen) atoms. The van der Waals surface area contributed by atoms with Gasteiger partial charge in [-0.3, -0.25) is 0 Å². The van der Waals surface area contributed by atoms with Crippen molar-refractivity contribution in [3.8, 4) is 0 Å². The first-order chi connectivity index (χ1) is 4.18. The van der Waals surface area contributed by atoms with E-state index in [2.05, 4.69) is 13.8 Å². The molecule has 0 unspecified atom stereocenters. The molecule has 0 aromatic heterocycles. The first-order valence-electron chi connectivity index (χ1n) is 3.40. The van der Waals surface area contributed by atoms with Gasteiger partial charge in [-0.15, -0.1) is 0 Å². The van der Waals surface area contributed by atoms with E-state index in [0.29, 0.717) is 12.5 Å². The fourth-order valence-corrected chi connectivity index (χ4v) is 0.258. The van der Waals surface area contributed by atoms with Crippen molar-refractivity contribution in [2.24, 2.45) is 5.92 Å². The number of rotatable bonds is 2. The van der Waals surface area contributed by atoms with Crippen LogP contribution in [0.3, 0.4) is 0 Å². The molecule has 0 atom stereocenters. The summed E-state index contributed by atoms with van der Waals surface area (Å²) in [6, 6.07) is 0. The van der Waals surface area contributed by atoms with Gasteiger partial charge in [-0.05, 0) is 19.3 Å². The summed E-state index contributed by atoms with van der Waals surface area (Å²) in [5.41, 5.74) is 0. The Balaban J connectivity index is 0. The van der Waals surface area contributed by atoms with Gasteiger partial charge in [-0.2, -0.15) is 0 Å². The molecule has 0 radical (unpaired) electrons. The predicted molar refractivity (Wildman–Crippen MR) is 39.3 cm³/mol. The molecule has 0 fully saturated rings. The molecule has 0 saturated heterocycles. The van der Waals surface area contributed by atoms with Crippen LogP contribution in [0.25, 0.3) is 0 Å². The lowest BCUT2D eigenvalue weighted by molar-refractivity contribution is 0.268. The zero-order valence-corrected chi connectivity index (χ0v) is 6.59. The normalized spacial score (nSPS) is 8.67. The van der Waals surface area contributed by atoms with Crippen LogP contribution < -0.4 is 0 Å². The average Bonchev–Trinajstić information content (AvgIpc) is 1.67. The van der Waals surface area contributed by atoms with Gasteiger partial charge < -0.3 is 10.2 Å². The molecule has 0 aromatic rings. The van der Waals surface area contributed by atoms with Crippen LogP contribution in [-0.4, -0.2) is 23.4 Å². The summed E-state index contributed by atoms with van der Waals surface area (Å²) in [6.45, 7) is 6.45. The third kappa shape index (κ3) is 32.6. The molecule has 2 heteroatoms. The Bertz CT molecular complexity index is 35.9. The third-order valence-electron chi connectivity index (χ3n) is 0.706. The van der Waals surface area contributed by atoms with Gasteiger partial charge in [0.05, 0.1) is 0 Å². The van der Waals surface area contributed by atoms with Crippen LogP contribution >= 0.6 is 0 Å². The molecule has 0 rings (SSSR count). The fraction of sp³-hybridized carbons (Fsp3) is 1.00. The van der Waals surface area contributed by atoms with Crippen LogP contribution in [-0.2, 0) is 0 Å². The zero-order chi connectivity index (χ0) is 7.70. The van der Waals surface area contributed by atoms with E-state index in [4.69, 9.17) is 10.2 Å². The Kier molecular flexibility index (Phi) is 14.0. The van der Waals surface area contributed by atoms with Gasteiger partial charge in [0, 0.05) is 13.2 Å². The van der Waals surface area contributed by atoms with Crippen LogP contribution in [0.5, 0.6) is 0 Å². The van der Waals surface area contributed by atoms with E-state index in [-0.39, 0.29) is 6.61 Å². The highest BCUT2D eigenvalue weighted by Gasteiger charge is 1.86. The standard InChI is InChI=1S/C5H12O.C2H6O/c1-5(2)3-4-6;1-2-3/h5-6H,3-4H2,1-2H3;3H,2H2,1H3. The van der Waals surface area contributed by atoms with Crippen molar-refractivity contribution in [2.75, 3.05) is 13.2 Å². The second-order valence-electron chi connectivity index (χ2n) is 2.22. The van der Waals surface area contributed by atoms with E-state index in [1.807, 2.05) is 0 Å². The maximum absolute atomic E-state index is 8.24. The van der Waals surface area contributed by atoms with Crippen molar-refractivity contribution in [3.05, 3.63) is 0 Å². The van der Waals surface area contributed by atoms with Crippen LogP contribution in [0.2, 0.25) is 0 Å². The fourth-order valence-electron chi connectivity index (χ4n) is 0.258. The van der Waals surface area contributed by atoms with Crippen molar-refractivity contribution in [3.63, 3.8) is 0 Å². The van der Waals surface area contributed by atoms with E-state index in [0.717, 1.165) is 6.42 Å². The van der Waals surface area contributed by atoms with Gasteiger partial charge in [0.1, 0.15) is 0 Å².